The SMILES string of the molecule is CC(=O)Oc1cccc(OC(C)=O)c1-c1cn(-c2ccccc2C)nn1. The molecular weight excluding hydrogens is 334 g/mol. The van der Waals surface area contributed by atoms with E-state index in [1.807, 2.05) is 31.2 Å². The van der Waals surface area contributed by atoms with Gasteiger partial charge in [0.2, 0.25) is 0 Å². The fourth-order valence-corrected chi connectivity index (χ4v) is 2.56. The third-order valence-corrected chi connectivity index (χ3v) is 3.61. The molecule has 1 heterocycles. The summed E-state index contributed by atoms with van der Waals surface area (Å²) in [6.07, 6.45) is 1.69. The Morgan fingerprint density at radius 2 is 1.54 bits per heavy atom. The topological polar surface area (TPSA) is 83.3 Å². The molecule has 3 rings (SSSR count). The van der Waals surface area contributed by atoms with Gasteiger partial charge in [0.1, 0.15) is 17.2 Å². The summed E-state index contributed by atoms with van der Waals surface area (Å²) in [6, 6.07) is 12.6. The van der Waals surface area contributed by atoms with Gasteiger partial charge in [-0.05, 0) is 30.7 Å². The van der Waals surface area contributed by atoms with Gasteiger partial charge in [-0.1, -0.05) is 29.5 Å². The third-order valence-electron chi connectivity index (χ3n) is 3.61. The van der Waals surface area contributed by atoms with Crippen molar-refractivity contribution in [2.45, 2.75) is 20.8 Å². The van der Waals surface area contributed by atoms with Crippen LogP contribution in [0.25, 0.3) is 16.9 Å². The van der Waals surface area contributed by atoms with Crippen molar-refractivity contribution in [2.75, 3.05) is 0 Å². The van der Waals surface area contributed by atoms with Gasteiger partial charge in [-0.25, -0.2) is 4.68 Å². The van der Waals surface area contributed by atoms with Gasteiger partial charge in [-0.2, -0.15) is 0 Å². The fourth-order valence-electron chi connectivity index (χ4n) is 2.56. The van der Waals surface area contributed by atoms with E-state index < -0.39 is 11.9 Å². The van der Waals surface area contributed by atoms with Crippen molar-refractivity contribution in [1.29, 1.82) is 0 Å². The molecule has 0 bridgehead atoms. The second-order valence-electron chi connectivity index (χ2n) is 5.65. The summed E-state index contributed by atoms with van der Waals surface area (Å²) in [5.41, 5.74) is 2.70. The number of hydrogen-bond donors (Lipinski definition) is 0. The predicted molar refractivity (Wildman–Crippen MR) is 94.2 cm³/mol. The van der Waals surface area contributed by atoms with Crippen LogP contribution in [0.1, 0.15) is 19.4 Å². The number of para-hydroxylation sites is 1. The molecule has 2 aromatic carbocycles. The standard InChI is InChI=1S/C19H17N3O4/c1-12-7-4-5-8-16(12)22-11-15(20-21-22)19-17(25-13(2)23)9-6-10-18(19)26-14(3)24/h4-11H,1-3H3. The molecule has 3 aromatic rings. The highest BCUT2D eigenvalue weighted by atomic mass is 16.5. The normalized spacial score (nSPS) is 10.4. The van der Waals surface area contributed by atoms with Gasteiger partial charge in [0.15, 0.2) is 0 Å². The fraction of sp³-hybridized carbons (Fsp3) is 0.158. The van der Waals surface area contributed by atoms with E-state index in [-0.39, 0.29) is 11.5 Å². The highest BCUT2D eigenvalue weighted by Gasteiger charge is 2.19. The number of ether oxygens (including phenoxy) is 2. The second-order valence-corrected chi connectivity index (χ2v) is 5.65. The zero-order chi connectivity index (χ0) is 18.7. The van der Waals surface area contributed by atoms with Gasteiger partial charge in [-0.3, -0.25) is 9.59 Å². The van der Waals surface area contributed by atoms with Crippen molar-refractivity contribution < 1.29 is 19.1 Å². The first-order valence-electron chi connectivity index (χ1n) is 7.94. The van der Waals surface area contributed by atoms with Crippen LogP contribution in [0.2, 0.25) is 0 Å². The first kappa shape index (κ1) is 17.3. The summed E-state index contributed by atoms with van der Waals surface area (Å²) in [4.78, 5) is 22.9. The van der Waals surface area contributed by atoms with E-state index in [4.69, 9.17) is 9.47 Å². The summed E-state index contributed by atoms with van der Waals surface area (Å²) in [5, 5.41) is 8.32. The molecule has 0 spiro atoms. The van der Waals surface area contributed by atoms with Crippen LogP contribution in [0.3, 0.4) is 0 Å². The van der Waals surface area contributed by atoms with Gasteiger partial charge >= 0.3 is 11.9 Å². The number of esters is 2. The summed E-state index contributed by atoms with van der Waals surface area (Å²) in [6.45, 7) is 4.56. The first-order chi connectivity index (χ1) is 12.5. The minimum Gasteiger partial charge on any atom is -0.426 e. The number of hydrogen-bond acceptors (Lipinski definition) is 6. The summed E-state index contributed by atoms with van der Waals surface area (Å²) in [7, 11) is 0. The average molecular weight is 351 g/mol. The molecular formula is C19H17N3O4. The average Bonchev–Trinajstić information content (AvgIpc) is 3.03. The molecule has 0 N–H and O–H groups in total. The lowest BCUT2D eigenvalue weighted by Crippen LogP contribution is -2.06. The van der Waals surface area contributed by atoms with E-state index in [9.17, 15) is 9.59 Å². The third kappa shape index (κ3) is 3.61. The molecule has 0 aliphatic rings. The molecule has 0 fully saturated rings. The van der Waals surface area contributed by atoms with Gasteiger partial charge in [-0.15, -0.1) is 5.10 Å². The van der Waals surface area contributed by atoms with Gasteiger partial charge < -0.3 is 9.47 Å². The Hall–Kier alpha value is -3.48. The molecule has 0 radical (unpaired) electrons. The zero-order valence-corrected chi connectivity index (χ0v) is 14.6. The minimum absolute atomic E-state index is 0.244. The summed E-state index contributed by atoms with van der Waals surface area (Å²) < 4.78 is 12.1. The van der Waals surface area contributed by atoms with Crippen LogP contribution in [0.5, 0.6) is 11.5 Å². The number of rotatable bonds is 4. The molecule has 0 saturated carbocycles. The van der Waals surface area contributed by atoms with Crippen molar-refractivity contribution in [1.82, 2.24) is 15.0 Å². The molecule has 7 heteroatoms. The van der Waals surface area contributed by atoms with Crippen LogP contribution in [0, 0.1) is 6.92 Å². The van der Waals surface area contributed by atoms with Crippen LogP contribution in [0.4, 0.5) is 0 Å². The molecule has 0 saturated heterocycles. The molecule has 7 nitrogen and oxygen atoms in total. The monoisotopic (exact) mass is 351 g/mol. The zero-order valence-electron chi connectivity index (χ0n) is 14.6. The van der Waals surface area contributed by atoms with Crippen molar-refractivity contribution >= 4 is 11.9 Å². The Morgan fingerprint density at radius 1 is 0.923 bits per heavy atom. The number of nitrogens with zero attached hydrogens (tertiary/aromatic N) is 3. The first-order valence-corrected chi connectivity index (χ1v) is 7.94. The van der Waals surface area contributed by atoms with E-state index in [0.29, 0.717) is 11.3 Å². The van der Waals surface area contributed by atoms with Crippen molar-refractivity contribution in [3.05, 3.63) is 54.2 Å². The minimum atomic E-state index is -0.488. The lowest BCUT2D eigenvalue weighted by atomic mass is 10.1. The number of carbonyl (C=O) groups excluding carboxylic acids is 2. The van der Waals surface area contributed by atoms with E-state index in [0.717, 1.165) is 11.3 Å². The van der Waals surface area contributed by atoms with Crippen LogP contribution in [-0.4, -0.2) is 26.9 Å². The number of aryl methyl sites for hydroxylation is 1. The van der Waals surface area contributed by atoms with E-state index in [1.54, 1.807) is 29.1 Å². The van der Waals surface area contributed by atoms with Crippen molar-refractivity contribution in [3.63, 3.8) is 0 Å². The molecule has 26 heavy (non-hydrogen) atoms. The highest BCUT2D eigenvalue weighted by Crippen LogP contribution is 2.37. The molecule has 0 amide bonds. The Labute approximate surface area is 150 Å². The van der Waals surface area contributed by atoms with E-state index in [2.05, 4.69) is 10.3 Å². The number of carbonyl (C=O) groups is 2. The van der Waals surface area contributed by atoms with Gasteiger partial charge in [0, 0.05) is 13.8 Å². The quantitative estimate of drug-likeness (QED) is 0.530. The predicted octanol–water partition coefficient (Wildman–Crippen LogP) is 3.09. The van der Waals surface area contributed by atoms with Crippen molar-refractivity contribution in [3.8, 4) is 28.4 Å². The van der Waals surface area contributed by atoms with Gasteiger partial charge in [0.05, 0.1) is 17.4 Å². The van der Waals surface area contributed by atoms with Crippen LogP contribution in [0.15, 0.2) is 48.7 Å². The molecule has 132 valence electrons. The maximum absolute atomic E-state index is 11.4. The van der Waals surface area contributed by atoms with Gasteiger partial charge in [0.25, 0.3) is 0 Å². The Balaban J connectivity index is 2.12. The molecule has 1 aromatic heterocycles. The molecule has 0 aliphatic carbocycles. The number of benzene rings is 2. The van der Waals surface area contributed by atoms with E-state index >= 15 is 0 Å². The maximum Gasteiger partial charge on any atom is 0.308 e. The van der Waals surface area contributed by atoms with Crippen molar-refractivity contribution in [2.24, 2.45) is 0 Å². The Morgan fingerprint density at radius 3 is 2.12 bits per heavy atom. The lowest BCUT2D eigenvalue weighted by Gasteiger charge is -2.11. The molecule has 0 unspecified atom stereocenters. The van der Waals surface area contributed by atoms with E-state index in [1.165, 1.54) is 13.8 Å². The summed E-state index contributed by atoms with van der Waals surface area (Å²) in [5.74, 6) is -0.490. The van der Waals surface area contributed by atoms with Crippen LogP contribution < -0.4 is 9.47 Å². The highest BCUT2D eigenvalue weighted by molar-refractivity contribution is 5.81. The lowest BCUT2D eigenvalue weighted by molar-refractivity contribution is -0.132. The smallest absolute Gasteiger partial charge is 0.308 e. The Bertz CT molecular complexity index is 944. The maximum atomic E-state index is 11.4. The second kappa shape index (κ2) is 7.18. The summed E-state index contributed by atoms with van der Waals surface area (Å²) >= 11 is 0. The van der Waals surface area contributed by atoms with Crippen LogP contribution in [-0.2, 0) is 9.59 Å². The number of aromatic nitrogens is 3. The molecule has 0 atom stereocenters. The van der Waals surface area contributed by atoms with Crippen LogP contribution >= 0.6 is 0 Å². The Kier molecular flexibility index (Phi) is 4.79. The largest absolute Gasteiger partial charge is 0.426 e. The molecule has 0 aliphatic heterocycles.